The zero-order valence-corrected chi connectivity index (χ0v) is 15.2. The van der Waals surface area contributed by atoms with Gasteiger partial charge >= 0.3 is 6.03 Å². The molecule has 5 heteroatoms. The average molecular weight is 343 g/mol. The number of piperazine rings is 1. The Hall–Kier alpha value is -2.04. The standard InChI is InChI=1S/C20H29N3O2/c1-16-5-4-6-17(15-16)9-10-19(24)22-11-13-23(14-12-22)20(25)21-18-7-2-3-8-18/h4-6,15,18H,2-3,7-14H2,1H3,(H,21,25). The first-order valence-corrected chi connectivity index (χ1v) is 9.50. The zero-order valence-electron chi connectivity index (χ0n) is 15.2. The second-order valence-corrected chi connectivity index (χ2v) is 7.29. The normalized spacial score (nSPS) is 18.4. The molecule has 0 atom stereocenters. The second-order valence-electron chi connectivity index (χ2n) is 7.29. The fraction of sp³-hybridized carbons (Fsp3) is 0.600. The van der Waals surface area contributed by atoms with E-state index in [0.29, 0.717) is 38.6 Å². The summed E-state index contributed by atoms with van der Waals surface area (Å²) in [7, 11) is 0. The zero-order chi connectivity index (χ0) is 17.6. The Labute approximate surface area is 150 Å². The molecular formula is C20H29N3O2. The van der Waals surface area contributed by atoms with Crippen LogP contribution in [0.3, 0.4) is 0 Å². The van der Waals surface area contributed by atoms with Crippen LogP contribution in [0.25, 0.3) is 0 Å². The summed E-state index contributed by atoms with van der Waals surface area (Å²) < 4.78 is 0. The Balaban J connectivity index is 1.40. The first kappa shape index (κ1) is 17.8. The second kappa shape index (κ2) is 8.37. The van der Waals surface area contributed by atoms with Crippen LogP contribution in [0.4, 0.5) is 4.79 Å². The molecular weight excluding hydrogens is 314 g/mol. The van der Waals surface area contributed by atoms with Crippen LogP contribution in [-0.4, -0.2) is 54.0 Å². The number of hydrogen-bond donors (Lipinski definition) is 1. The Morgan fingerprint density at radius 3 is 2.44 bits per heavy atom. The summed E-state index contributed by atoms with van der Waals surface area (Å²) >= 11 is 0. The Bertz CT molecular complexity index is 603. The van der Waals surface area contributed by atoms with E-state index in [0.717, 1.165) is 19.3 Å². The fourth-order valence-corrected chi connectivity index (χ4v) is 3.77. The highest BCUT2D eigenvalue weighted by Gasteiger charge is 2.26. The molecule has 5 nitrogen and oxygen atoms in total. The van der Waals surface area contributed by atoms with Crippen molar-refractivity contribution in [1.29, 1.82) is 0 Å². The molecule has 1 aromatic rings. The van der Waals surface area contributed by atoms with Gasteiger partial charge in [-0.15, -0.1) is 0 Å². The maximum Gasteiger partial charge on any atom is 0.317 e. The van der Waals surface area contributed by atoms with E-state index in [9.17, 15) is 9.59 Å². The first-order valence-electron chi connectivity index (χ1n) is 9.50. The number of amides is 3. The molecule has 0 aromatic heterocycles. The number of carbonyl (C=O) groups is 2. The topological polar surface area (TPSA) is 52.7 Å². The number of benzene rings is 1. The van der Waals surface area contributed by atoms with E-state index >= 15 is 0 Å². The van der Waals surface area contributed by atoms with Gasteiger partial charge in [-0.3, -0.25) is 4.79 Å². The van der Waals surface area contributed by atoms with Gasteiger partial charge in [0.05, 0.1) is 0 Å². The molecule has 1 aliphatic carbocycles. The first-order chi connectivity index (χ1) is 12.1. The fourth-order valence-electron chi connectivity index (χ4n) is 3.77. The van der Waals surface area contributed by atoms with Crippen LogP contribution in [0.2, 0.25) is 0 Å². The number of aryl methyl sites for hydroxylation is 2. The lowest BCUT2D eigenvalue weighted by atomic mass is 10.1. The number of nitrogens with zero attached hydrogens (tertiary/aromatic N) is 2. The van der Waals surface area contributed by atoms with Crippen LogP contribution in [0.5, 0.6) is 0 Å². The van der Waals surface area contributed by atoms with Crippen molar-refractivity contribution in [2.75, 3.05) is 26.2 Å². The van der Waals surface area contributed by atoms with E-state index in [1.165, 1.54) is 24.0 Å². The quantitative estimate of drug-likeness (QED) is 0.914. The van der Waals surface area contributed by atoms with Crippen LogP contribution in [0.1, 0.15) is 43.2 Å². The summed E-state index contributed by atoms with van der Waals surface area (Å²) in [6.07, 6.45) is 5.95. The van der Waals surface area contributed by atoms with E-state index < -0.39 is 0 Å². The van der Waals surface area contributed by atoms with Crippen molar-refractivity contribution in [3.63, 3.8) is 0 Å². The summed E-state index contributed by atoms with van der Waals surface area (Å²) in [5.74, 6) is 0.192. The van der Waals surface area contributed by atoms with Crippen molar-refractivity contribution in [1.82, 2.24) is 15.1 Å². The van der Waals surface area contributed by atoms with Gasteiger partial charge in [0.15, 0.2) is 0 Å². The van der Waals surface area contributed by atoms with Crippen LogP contribution < -0.4 is 5.32 Å². The molecule has 0 bridgehead atoms. The van der Waals surface area contributed by atoms with Crippen molar-refractivity contribution in [3.8, 4) is 0 Å². The van der Waals surface area contributed by atoms with Gasteiger partial charge in [0.1, 0.15) is 0 Å². The van der Waals surface area contributed by atoms with Crippen LogP contribution in [0, 0.1) is 6.92 Å². The number of urea groups is 1. The van der Waals surface area contributed by atoms with Gasteiger partial charge < -0.3 is 15.1 Å². The lowest BCUT2D eigenvalue weighted by Crippen LogP contribution is -2.54. The lowest BCUT2D eigenvalue weighted by molar-refractivity contribution is -0.132. The van der Waals surface area contributed by atoms with Gasteiger partial charge in [0, 0.05) is 38.6 Å². The molecule has 1 saturated heterocycles. The van der Waals surface area contributed by atoms with Gasteiger partial charge in [0.2, 0.25) is 5.91 Å². The predicted octanol–water partition coefficient (Wildman–Crippen LogP) is 2.72. The van der Waals surface area contributed by atoms with Crippen LogP contribution in [0.15, 0.2) is 24.3 Å². The highest BCUT2D eigenvalue weighted by Crippen LogP contribution is 2.18. The van der Waals surface area contributed by atoms with Crippen molar-refractivity contribution >= 4 is 11.9 Å². The molecule has 0 spiro atoms. The minimum absolute atomic E-state index is 0.0405. The third-order valence-electron chi connectivity index (χ3n) is 5.31. The minimum Gasteiger partial charge on any atom is -0.339 e. The Kier molecular flexibility index (Phi) is 5.95. The summed E-state index contributed by atoms with van der Waals surface area (Å²) in [4.78, 5) is 28.5. The summed E-state index contributed by atoms with van der Waals surface area (Å²) in [6.45, 7) is 4.63. The highest BCUT2D eigenvalue weighted by molar-refractivity contribution is 5.78. The van der Waals surface area contributed by atoms with Crippen molar-refractivity contribution < 1.29 is 9.59 Å². The van der Waals surface area contributed by atoms with E-state index in [1.54, 1.807) is 0 Å². The molecule has 25 heavy (non-hydrogen) atoms. The van der Waals surface area contributed by atoms with Crippen molar-refractivity contribution in [2.45, 2.75) is 51.5 Å². The van der Waals surface area contributed by atoms with Crippen LogP contribution >= 0.6 is 0 Å². The van der Waals surface area contributed by atoms with Crippen LogP contribution in [-0.2, 0) is 11.2 Å². The molecule has 0 radical (unpaired) electrons. The Morgan fingerprint density at radius 2 is 1.76 bits per heavy atom. The monoisotopic (exact) mass is 343 g/mol. The third kappa shape index (κ3) is 4.97. The molecule has 1 heterocycles. The SMILES string of the molecule is Cc1cccc(CCC(=O)N2CCN(C(=O)NC3CCCC3)CC2)c1. The van der Waals surface area contributed by atoms with Gasteiger partial charge in [-0.25, -0.2) is 4.79 Å². The molecule has 1 aromatic carbocycles. The van der Waals surface area contributed by atoms with Gasteiger partial charge in [-0.05, 0) is 31.7 Å². The number of carbonyl (C=O) groups excluding carboxylic acids is 2. The molecule has 3 amide bonds. The summed E-state index contributed by atoms with van der Waals surface area (Å²) in [5, 5.41) is 3.13. The van der Waals surface area contributed by atoms with Gasteiger partial charge in [-0.1, -0.05) is 42.7 Å². The van der Waals surface area contributed by atoms with Gasteiger partial charge in [0.25, 0.3) is 0 Å². The van der Waals surface area contributed by atoms with E-state index in [2.05, 4.69) is 30.4 Å². The molecule has 2 fully saturated rings. The predicted molar refractivity (Wildman–Crippen MR) is 98.4 cm³/mol. The molecule has 3 rings (SSSR count). The Morgan fingerprint density at radius 1 is 1.08 bits per heavy atom. The largest absolute Gasteiger partial charge is 0.339 e. The molecule has 136 valence electrons. The smallest absolute Gasteiger partial charge is 0.317 e. The van der Waals surface area contributed by atoms with E-state index in [4.69, 9.17) is 0 Å². The van der Waals surface area contributed by atoms with E-state index in [1.807, 2.05) is 15.9 Å². The maximum absolute atomic E-state index is 12.4. The van der Waals surface area contributed by atoms with Crippen molar-refractivity contribution in [2.24, 2.45) is 0 Å². The average Bonchev–Trinajstić information content (AvgIpc) is 3.13. The summed E-state index contributed by atoms with van der Waals surface area (Å²) in [5.41, 5.74) is 2.44. The highest BCUT2D eigenvalue weighted by atomic mass is 16.2. The summed E-state index contributed by atoms with van der Waals surface area (Å²) in [6, 6.07) is 8.71. The molecule has 2 aliphatic rings. The van der Waals surface area contributed by atoms with E-state index in [-0.39, 0.29) is 11.9 Å². The minimum atomic E-state index is 0.0405. The lowest BCUT2D eigenvalue weighted by Gasteiger charge is -2.35. The molecule has 1 aliphatic heterocycles. The number of nitrogens with one attached hydrogen (secondary N) is 1. The van der Waals surface area contributed by atoms with Gasteiger partial charge in [-0.2, -0.15) is 0 Å². The molecule has 1 N–H and O–H groups in total. The number of rotatable bonds is 4. The number of hydrogen-bond acceptors (Lipinski definition) is 2. The third-order valence-corrected chi connectivity index (χ3v) is 5.31. The molecule has 1 saturated carbocycles. The maximum atomic E-state index is 12.4. The van der Waals surface area contributed by atoms with Crippen molar-refractivity contribution in [3.05, 3.63) is 35.4 Å². The molecule has 0 unspecified atom stereocenters.